The summed E-state index contributed by atoms with van der Waals surface area (Å²) < 4.78 is 15.1. The Kier molecular flexibility index (Phi) is 5.32. The average Bonchev–Trinajstić information content (AvgIpc) is 2.64. The minimum atomic E-state index is -0.391. The molecule has 0 bridgehead atoms. The summed E-state index contributed by atoms with van der Waals surface area (Å²) in [6.07, 6.45) is 0.00111. The topological polar surface area (TPSA) is 84.0 Å². The largest absolute Gasteiger partial charge is 0.352 e. The van der Waals surface area contributed by atoms with Crippen LogP contribution in [-0.4, -0.2) is 15.7 Å². The standard InChI is InChI=1S/C18H15BrFN3O3/c19-15-6-5-12(20)9-11(15)10-21-16(24)7-8-23-18(26)14-4-2-1-3-13(14)17(25)22-23/h1-6,9H,7-8,10H2,(H,21,24)(H,22,25). The first kappa shape index (κ1) is 18.1. The monoisotopic (exact) mass is 419 g/mol. The molecule has 26 heavy (non-hydrogen) atoms. The third-order valence-electron chi connectivity index (χ3n) is 3.93. The van der Waals surface area contributed by atoms with Gasteiger partial charge in [-0.2, -0.15) is 0 Å². The number of hydrogen-bond acceptors (Lipinski definition) is 3. The minimum Gasteiger partial charge on any atom is -0.352 e. The first-order chi connectivity index (χ1) is 12.5. The van der Waals surface area contributed by atoms with Crippen molar-refractivity contribution in [3.8, 4) is 0 Å². The van der Waals surface area contributed by atoms with Crippen molar-refractivity contribution < 1.29 is 9.18 Å². The molecule has 134 valence electrons. The number of carbonyl (C=O) groups is 1. The maximum absolute atomic E-state index is 13.2. The zero-order valence-electron chi connectivity index (χ0n) is 13.6. The van der Waals surface area contributed by atoms with Gasteiger partial charge in [-0.05, 0) is 35.9 Å². The minimum absolute atomic E-state index is 0.00111. The molecule has 1 heterocycles. The average molecular weight is 420 g/mol. The van der Waals surface area contributed by atoms with Gasteiger partial charge in [0.1, 0.15) is 5.82 Å². The van der Waals surface area contributed by atoms with Crippen LogP contribution >= 0.6 is 15.9 Å². The van der Waals surface area contributed by atoms with Crippen molar-refractivity contribution in [3.05, 3.63) is 79.0 Å². The fourth-order valence-electron chi connectivity index (χ4n) is 2.58. The van der Waals surface area contributed by atoms with E-state index in [1.54, 1.807) is 30.3 Å². The maximum Gasteiger partial charge on any atom is 0.273 e. The van der Waals surface area contributed by atoms with Crippen LogP contribution in [0.25, 0.3) is 10.8 Å². The fraction of sp³-hybridized carbons (Fsp3) is 0.167. The Balaban J connectivity index is 1.67. The number of aryl methyl sites for hydroxylation is 1. The van der Waals surface area contributed by atoms with Gasteiger partial charge < -0.3 is 5.32 Å². The van der Waals surface area contributed by atoms with Crippen LogP contribution in [0.2, 0.25) is 0 Å². The van der Waals surface area contributed by atoms with Crippen molar-refractivity contribution in [1.29, 1.82) is 0 Å². The molecule has 0 unspecified atom stereocenters. The van der Waals surface area contributed by atoms with Gasteiger partial charge in [0.05, 0.1) is 17.3 Å². The lowest BCUT2D eigenvalue weighted by atomic mass is 10.2. The van der Waals surface area contributed by atoms with Crippen molar-refractivity contribution in [2.75, 3.05) is 0 Å². The number of amides is 1. The van der Waals surface area contributed by atoms with E-state index in [0.29, 0.717) is 20.8 Å². The van der Waals surface area contributed by atoms with Crippen LogP contribution in [0.3, 0.4) is 0 Å². The van der Waals surface area contributed by atoms with Gasteiger partial charge in [0.25, 0.3) is 11.1 Å². The van der Waals surface area contributed by atoms with Crippen LogP contribution in [-0.2, 0) is 17.9 Å². The normalized spacial score (nSPS) is 10.8. The van der Waals surface area contributed by atoms with Crippen molar-refractivity contribution in [3.63, 3.8) is 0 Å². The van der Waals surface area contributed by atoms with Crippen molar-refractivity contribution in [2.45, 2.75) is 19.5 Å². The zero-order valence-corrected chi connectivity index (χ0v) is 15.2. The molecular formula is C18H15BrFN3O3. The predicted octanol–water partition coefficient (Wildman–Crippen LogP) is 2.30. The smallest absolute Gasteiger partial charge is 0.273 e. The van der Waals surface area contributed by atoms with Gasteiger partial charge in [-0.25, -0.2) is 9.07 Å². The number of aromatic nitrogens is 2. The van der Waals surface area contributed by atoms with Crippen molar-refractivity contribution in [2.24, 2.45) is 0 Å². The summed E-state index contributed by atoms with van der Waals surface area (Å²) in [6, 6.07) is 10.7. The first-order valence-corrected chi connectivity index (χ1v) is 8.67. The number of fused-ring (bicyclic) bond motifs is 1. The van der Waals surface area contributed by atoms with Crippen LogP contribution in [0, 0.1) is 5.82 Å². The fourth-order valence-corrected chi connectivity index (χ4v) is 2.97. The summed E-state index contributed by atoms with van der Waals surface area (Å²) in [6.45, 7) is 0.190. The van der Waals surface area contributed by atoms with Crippen LogP contribution in [0.4, 0.5) is 4.39 Å². The Labute approximate surface area is 155 Å². The molecule has 0 spiro atoms. The molecule has 0 atom stereocenters. The van der Waals surface area contributed by atoms with Gasteiger partial charge >= 0.3 is 0 Å². The zero-order chi connectivity index (χ0) is 18.7. The van der Waals surface area contributed by atoms with E-state index in [2.05, 4.69) is 26.3 Å². The van der Waals surface area contributed by atoms with E-state index >= 15 is 0 Å². The third-order valence-corrected chi connectivity index (χ3v) is 4.70. The third kappa shape index (κ3) is 3.91. The van der Waals surface area contributed by atoms with Crippen molar-refractivity contribution >= 4 is 32.6 Å². The van der Waals surface area contributed by atoms with Gasteiger partial charge in [0.15, 0.2) is 0 Å². The van der Waals surface area contributed by atoms with Gasteiger partial charge in [-0.1, -0.05) is 28.1 Å². The molecule has 0 saturated carbocycles. The highest BCUT2D eigenvalue weighted by Gasteiger charge is 2.09. The predicted molar refractivity (Wildman–Crippen MR) is 99.4 cm³/mol. The summed E-state index contributed by atoms with van der Waals surface area (Å²) in [5.74, 6) is -0.709. The van der Waals surface area contributed by atoms with Crippen molar-refractivity contribution in [1.82, 2.24) is 15.1 Å². The Hall–Kier alpha value is -2.74. The number of benzene rings is 2. The second kappa shape index (κ2) is 7.65. The second-order valence-corrected chi connectivity index (χ2v) is 6.56. The molecule has 1 amide bonds. The highest BCUT2D eigenvalue weighted by Crippen LogP contribution is 2.17. The van der Waals surface area contributed by atoms with Gasteiger partial charge in [0.2, 0.25) is 5.91 Å². The molecular weight excluding hydrogens is 405 g/mol. The molecule has 8 heteroatoms. The Bertz CT molecular complexity index is 1090. The molecule has 2 aromatic carbocycles. The Morgan fingerprint density at radius 3 is 2.65 bits per heavy atom. The SMILES string of the molecule is O=C(CCn1[nH]c(=O)c2ccccc2c1=O)NCc1cc(F)ccc1Br. The van der Waals surface area contributed by atoms with E-state index in [9.17, 15) is 18.8 Å². The van der Waals surface area contributed by atoms with Crippen LogP contribution < -0.4 is 16.4 Å². The number of aromatic amines is 1. The van der Waals surface area contributed by atoms with E-state index in [4.69, 9.17) is 0 Å². The van der Waals surface area contributed by atoms with Crippen LogP contribution in [0.15, 0.2) is 56.5 Å². The number of nitrogens with zero attached hydrogens (tertiary/aromatic N) is 1. The van der Waals surface area contributed by atoms with E-state index in [0.717, 1.165) is 4.68 Å². The molecule has 0 fully saturated rings. The Morgan fingerprint density at radius 1 is 1.15 bits per heavy atom. The molecule has 0 saturated heterocycles. The molecule has 2 N–H and O–H groups in total. The quantitative estimate of drug-likeness (QED) is 0.665. The lowest BCUT2D eigenvalue weighted by Crippen LogP contribution is -2.32. The first-order valence-electron chi connectivity index (χ1n) is 7.88. The number of hydrogen-bond donors (Lipinski definition) is 2. The summed E-state index contributed by atoms with van der Waals surface area (Å²) in [5, 5.41) is 5.76. The Morgan fingerprint density at radius 2 is 1.88 bits per heavy atom. The van der Waals surface area contributed by atoms with Gasteiger partial charge in [-0.15, -0.1) is 0 Å². The van der Waals surface area contributed by atoms with E-state index in [-0.39, 0.29) is 36.5 Å². The molecule has 0 radical (unpaired) electrons. The maximum atomic E-state index is 13.2. The number of rotatable bonds is 5. The van der Waals surface area contributed by atoms with Gasteiger partial charge in [0, 0.05) is 17.4 Å². The summed E-state index contributed by atoms with van der Waals surface area (Å²) in [7, 11) is 0. The number of halogens is 2. The van der Waals surface area contributed by atoms with Crippen LogP contribution in [0.5, 0.6) is 0 Å². The number of H-pyrrole nitrogens is 1. The molecule has 6 nitrogen and oxygen atoms in total. The molecule has 3 rings (SSSR count). The van der Waals surface area contributed by atoms with E-state index in [1.807, 2.05) is 0 Å². The number of nitrogens with one attached hydrogen (secondary N) is 2. The van der Waals surface area contributed by atoms with Gasteiger partial charge in [-0.3, -0.25) is 19.5 Å². The molecule has 1 aromatic heterocycles. The number of carbonyl (C=O) groups excluding carboxylic acids is 1. The molecule has 3 aromatic rings. The molecule has 0 aliphatic carbocycles. The summed E-state index contributed by atoms with van der Waals surface area (Å²) in [5.41, 5.74) is -0.139. The summed E-state index contributed by atoms with van der Waals surface area (Å²) in [4.78, 5) is 36.4. The lowest BCUT2D eigenvalue weighted by Gasteiger charge is -2.09. The highest BCUT2D eigenvalue weighted by atomic mass is 79.9. The highest BCUT2D eigenvalue weighted by molar-refractivity contribution is 9.10. The molecule has 0 aliphatic heterocycles. The second-order valence-electron chi connectivity index (χ2n) is 5.71. The van der Waals surface area contributed by atoms with Crippen LogP contribution in [0.1, 0.15) is 12.0 Å². The molecule has 0 aliphatic rings. The van der Waals surface area contributed by atoms with E-state index < -0.39 is 5.82 Å². The lowest BCUT2D eigenvalue weighted by molar-refractivity contribution is -0.121. The van der Waals surface area contributed by atoms with E-state index in [1.165, 1.54) is 12.1 Å². The summed E-state index contributed by atoms with van der Waals surface area (Å²) >= 11 is 3.29.